The Morgan fingerprint density at radius 3 is 2.11 bits per heavy atom. The van der Waals surface area contributed by atoms with E-state index in [1.54, 1.807) is 0 Å². The Hall–Kier alpha value is -0.260. The fourth-order valence-electron chi connectivity index (χ4n) is 1.54. The number of rotatable bonds is 2. The second kappa shape index (κ2) is 5.80. The van der Waals surface area contributed by atoms with Gasteiger partial charge in [0.25, 0.3) is 0 Å². The molecule has 0 aliphatic carbocycles. The molecule has 5 heteroatoms. The Kier molecular flexibility index (Phi) is 4.56. The van der Waals surface area contributed by atoms with Gasteiger partial charge in [-0.05, 0) is 45.8 Å². The molecule has 94 valence electrons. The van der Waals surface area contributed by atoms with E-state index in [1.807, 2.05) is 24.3 Å². The van der Waals surface area contributed by atoms with E-state index in [0.717, 1.165) is 16.1 Å². The lowest BCUT2D eigenvalue weighted by molar-refractivity contribution is 0.583. The molecule has 2 rings (SSSR count). The zero-order valence-electron chi connectivity index (χ0n) is 8.93. The average Bonchev–Trinajstić information content (AvgIpc) is 2.34. The van der Waals surface area contributed by atoms with Crippen molar-refractivity contribution in [3.05, 3.63) is 68.1 Å². The molecule has 0 N–H and O–H groups in total. The summed E-state index contributed by atoms with van der Waals surface area (Å²) in [4.78, 5) is -0.381. The minimum atomic E-state index is -0.479. The number of hydrogen-bond acceptors (Lipinski definition) is 0. The molecule has 0 aromatic heterocycles. The van der Waals surface area contributed by atoms with Gasteiger partial charge in [-0.2, -0.15) is 0 Å². The van der Waals surface area contributed by atoms with Crippen molar-refractivity contribution in [1.82, 2.24) is 0 Å². The second-order valence-electron chi connectivity index (χ2n) is 3.70. The van der Waals surface area contributed by atoms with Crippen molar-refractivity contribution in [3.63, 3.8) is 0 Å². The van der Waals surface area contributed by atoms with Crippen molar-refractivity contribution in [3.8, 4) is 0 Å². The minimum absolute atomic E-state index is 0.124. The van der Waals surface area contributed by atoms with Crippen LogP contribution in [0, 0.1) is 11.6 Å². The predicted molar refractivity (Wildman–Crippen MR) is 79.0 cm³/mol. The van der Waals surface area contributed by atoms with Crippen molar-refractivity contribution in [2.24, 2.45) is 0 Å². The molecule has 1 unspecified atom stereocenters. The van der Waals surface area contributed by atoms with Crippen molar-refractivity contribution >= 4 is 47.8 Å². The van der Waals surface area contributed by atoms with Gasteiger partial charge in [0.1, 0.15) is 11.6 Å². The summed E-state index contributed by atoms with van der Waals surface area (Å²) in [5, 5.41) is 0. The Balaban J connectivity index is 2.42. The van der Waals surface area contributed by atoms with Crippen LogP contribution < -0.4 is 0 Å². The predicted octanol–water partition coefficient (Wildman–Crippen LogP) is 5.97. The van der Waals surface area contributed by atoms with E-state index in [2.05, 4.69) is 47.8 Å². The fourth-order valence-corrected chi connectivity index (χ4v) is 2.78. The van der Waals surface area contributed by atoms with E-state index < -0.39 is 11.6 Å². The highest BCUT2D eigenvalue weighted by atomic mass is 79.9. The first kappa shape index (κ1) is 14.2. The molecule has 0 radical (unpaired) electrons. The zero-order valence-corrected chi connectivity index (χ0v) is 13.7. The lowest BCUT2D eigenvalue weighted by Crippen LogP contribution is -1.98. The first-order valence-electron chi connectivity index (χ1n) is 5.03. The summed E-state index contributed by atoms with van der Waals surface area (Å²) in [5.41, 5.74) is 1.14. The number of alkyl halides is 1. The zero-order chi connectivity index (χ0) is 13.3. The van der Waals surface area contributed by atoms with Crippen LogP contribution in [0.15, 0.2) is 45.3 Å². The molecule has 2 aromatic rings. The topological polar surface area (TPSA) is 0 Å². The third-order valence-corrected chi connectivity index (χ3v) is 4.63. The molecule has 0 nitrogen and oxygen atoms in total. The molecule has 1 atom stereocenters. The Morgan fingerprint density at radius 2 is 1.50 bits per heavy atom. The van der Waals surface area contributed by atoms with Crippen LogP contribution in [0.5, 0.6) is 0 Å². The Labute approximate surface area is 129 Å². The first-order valence-corrected chi connectivity index (χ1v) is 7.53. The standard InChI is InChI=1S/C13H7Br3F2/c14-8-3-1-7(2-4-8)13(16)9-5-12(18)10(15)6-11(9)17/h1-6,13H. The van der Waals surface area contributed by atoms with Crippen molar-refractivity contribution < 1.29 is 8.78 Å². The molecule has 18 heavy (non-hydrogen) atoms. The summed E-state index contributed by atoms with van der Waals surface area (Å²) >= 11 is 9.68. The highest BCUT2D eigenvalue weighted by Gasteiger charge is 2.17. The molecule has 0 bridgehead atoms. The Morgan fingerprint density at radius 1 is 0.889 bits per heavy atom. The van der Waals surface area contributed by atoms with Crippen LogP contribution in [-0.4, -0.2) is 0 Å². The van der Waals surface area contributed by atoms with Gasteiger partial charge in [-0.1, -0.05) is 44.0 Å². The van der Waals surface area contributed by atoms with Crippen LogP contribution >= 0.6 is 47.8 Å². The van der Waals surface area contributed by atoms with Crippen molar-refractivity contribution in [2.75, 3.05) is 0 Å². The fraction of sp³-hybridized carbons (Fsp3) is 0.0769. The van der Waals surface area contributed by atoms with Crippen LogP contribution in [0.1, 0.15) is 16.0 Å². The smallest absolute Gasteiger partial charge is 0.137 e. The van der Waals surface area contributed by atoms with Gasteiger partial charge in [-0.15, -0.1) is 0 Å². The van der Waals surface area contributed by atoms with Gasteiger partial charge in [0.2, 0.25) is 0 Å². The Bertz CT molecular complexity index is 567. The number of halogens is 5. The maximum Gasteiger partial charge on any atom is 0.137 e. The maximum absolute atomic E-state index is 13.8. The van der Waals surface area contributed by atoms with Crippen LogP contribution in [0.3, 0.4) is 0 Å². The van der Waals surface area contributed by atoms with E-state index >= 15 is 0 Å². The van der Waals surface area contributed by atoms with Gasteiger partial charge < -0.3 is 0 Å². The molecule has 2 aromatic carbocycles. The van der Waals surface area contributed by atoms with E-state index in [0.29, 0.717) is 0 Å². The van der Waals surface area contributed by atoms with Crippen LogP contribution in [0.2, 0.25) is 0 Å². The summed E-state index contributed by atoms with van der Waals surface area (Å²) in [6, 6.07) is 9.75. The quantitative estimate of drug-likeness (QED) is 0.398. The normalized spacial score (nSPS) is 12.5. The number of hydrogen-bond donors (Lipinski definition) is 0. The van der Waals surface area contributed by atoms with Gasteiger partial charge in [0.05, 0.1) is 9.30 Å². The monoisotopic (exact) mass is 438 g/mol. The van der Waals surface area contributed by atoms with Crippen molar-refractivity contribution in [2.45, 2.75) is 4.83 Å². The molecule has 0 saturated heterocycles. The molecule has 0 aliphatic heterocycles. The summed E-state index contributed by atoms with van der Waals surface area (Å²) < 4.78 is 28.3. The summed E-state index contributed by atoms with van der Waals surface area (Å²) in [5.74, 6) is -0.930. The molecular formula is C13H7Br3F2. The molecule has 0 fully saturated rings. The molecule has 0 heterocycles. The summed E-state index contributed by atoms with van der Waals surface area (Å²) in [6.07, 6.45) is 0. The lowest BCUT2D eigenvalue weighted by atomic mass is 10.0. The minimum Gasteiger partial charge on any atom is -0.207 e. The van der Waals surface area contributed by atoms with E-state index in [-0.39, 0.29) is 14.9 Å². The van der Waals surface area contributed by atoms with E-state index in [1.165, 1.54) is 6.07 Å². The molecule has 0 saturated carbocycles. The third kappa shape index (κ3) is 3.00. The molecule has 0 amide bonds. The lowest BCUT2D eigenvalue weighted by Gasteiger charge is -2.12. The van der Waals surface area contributed by atoms with Gasteiger partial charge in [0.15, 0.2) is 0 Å². The number of benzene rings is 2. The molecular weight excluding hydrogens is 434 g/mol. The SMILES string of the molecule is Fc1cc(C(Br)c2ccc(Br)cc2)c(F)cc1Br. The first-order chi connectivity index (χ1) is 8.49. The maximum atomic E-state index is 13.8. The van der Waals surface area contributed by atoms with Crippen LogP contribution in [0.25, 0.3) is 0 Å². The van der Waals surface area contributed by atoms with E-state index in [4.69, 9.17) is 0 Å². The van der Waals surface area contributed by atoms with Crippen LogP contribution in [0.4, 0.5) is 8.78 Å². The summed E-state index contributed by atoms with van der Waals surface area (Å²) in [6.45, 7) is 0. The van der Waals surface area contributed by atoms with Gasteiger partial charge in [-0.3, -0.25) is 0 Å². The molecule has 0 aliphatic rings. The van der Waals surface area contributed by atoms with Gasteiger partial charge in [-0.25, -0.2) is 8.78 Å². The summed E-state index contributed by atoms with van der Waals surface area (Å²) in [7, 11) is 0. The van der Waals surface area contributed by atoms with Crippen molar-refractivity contribution in [1.29, 1.82) is 0 Å². The average molecular weight is 441 g/mol. The largest absolute Gasteiger partial charge is 0.207 e. The van der Waals surface area contributed by atoms with Crippen LogP contribution in [-0.2, 0) is 0 Å². The highest BCUT2D eigenvalue weighted by molar-refractivity contribution is 9.10. The highest BCUT2D eigenvalue weighted by Crippen LogP contribution is 2.34. The third-order valence-electron chi connectivity index (χ3n) is 2.48. The second-order valence-corrected chi connectivity index (χ2v) is 6.39. The van der Waals surface area contributed by atoms with E-state index in [9.17, 15) is 8.78 Å². The molecule has 0 spiro atoms. The van der Waals surface area contributed by atoms with Gasteiger partial charge >= 0.3 is 0 Å². The van der Waals surface area contributed by atoms with Gasteiger partial charge in [0, 0.05) is 10.0 Å².